The summed E-state index contributed by atoms with van der Waals surface area (Å²) in [7, 11) is 0. The van der Waals surface area contributed by atoms with Crippen LogP contribution in [0.1, 0.15) is 23.2 Å². The van der Waals surface area contributed by atoms with Gasteiger partial charge in [0.25, 0.3) is 0 Å². The van der Waals surface area contributed by atoms with Gasteiger partial charge < -0.3 is 15.2 Å². The molecule has 0 unspecified atom stereocenters. The van der Waals surface area contributed by atoms with Gasteiger partial charge in [-0.3, -0.25) is 0 Å². The summed E-state index contributed by atoms with van der Waals surface area (Å²) in [6.45, 7) is 2.04. The number of ether oxygens (including phenoxy) is 1. The van der Waals surface area contributed by atoms with Crippen LogP contribution in [-0.4, -0.2) is 30.8 Å². The highest BCUT2D eigenvalue weighted by Gasteiger charge is 2.20. The van der Waals surface area contributed by atoms with E-state index >= 15 is 0 Å². The van der Waals surface area contributed by atoms with E-state index < -0.39 is 5.97 Å². The van der Waals surface area contributed by atoms with Crippen molar-refractivity contribution < 1.29 is 14.6 Å². The summed E-state index contributed by atoms with van der Waals surface area (Å²) in [4.78, 5) is 11.0. The van der Waals surface area contributed by atoms with Gasteiger partial charge in [0.05, 0.1) is 12.2 Å². The quantitative estimate of drug-likeness (QED) is 0.760. The van der Waals surface area contributed by atoms with Crippen molar-refractivity contribution in [3.8, 4) is 0 Å². The number of aromatic carboxylic acids is 1. The average Bonchev–Trinajstić information content (AvgIpc) is 3.12. The molecule has 0 aromatic heterocycles. The molecule has 0 amide bonds. The minimum atomic E-state index is -0.927. The molecule has 0 aliphatic heterocycles. The SMILES string of the molecule is O=C(O)c1ccc(Br)cc1NCCOCC1CC1. The fraction of sp³-hybridized carbons (Fsp3) is 0.462. The standard InChI is InChI=1S/C13H16BrNO3/c14-10-3-4-11(13(16)17)12(7-10)15-5-6-18-8-9-1-2-9/h3-4,7,9,15H,1-2,5-6,8H2,(H,16,17). The van der Waals surface area contributed by atoms with Gasteiger partial charge in [-0.15, -0.1) is 0 Å². The molecule has 0 heterocycles. The van der Waals surface area contributed by atoms with Crippen molar-refractivity contribution in [2.75, 3.05) is 25.1 Å². The van der Waals surface area contributed by atoms with Gasteiger partial charge >= 0.3 is 5.97 Å². The van der Waals surface area contributed by atoms with Gasteiger partial charge in [0.2, 0.25) is 0 Å². The summed E-state index contributed by atoms with van der Waals surface area (Å²) >= 11 is 3.33. The number of anilines is 1. The van der Waals surface area contributed by atoms with E-state index in [1.165, 1.54) is 12.8 Å². The number of hydrogen-bond donors (Lipinski definition) is 2. The second kappa shape index (κ2) is 6.20. The predicted octanol–water partition coefficient (Wildman–Crippen LogP) is 2.99. The number of hydrogen-bond acceptors (Lipinski definition) is 3. The molecule has 2 N–H and O–H groups in total. The first kappa shape index (κ1) is 13.4. The van der Waals surface area contributed by atoms with Crippen LogP contribution in [-0.2, 0) is 4.74 Å². The predicted molar refractivity (Wildman–Crippen MR) is 73.1 cm³/mol. The van der Waals surface area contributed by atoms with Crippen LogP contribution >= 0.6 is 15.9 Å². The first-order valence-electron chi connectivity index (χ1n) is 6.01. The van der Waals surface area contributed by atoms with Crippen LogP contribution in [0.5, 0.6) is 0 Å². The Morgan fingerprint density at radius 3 is 2.94 bits per heavy atom. The Kier molecular flexibility index (Phi) is 4.60. The topological polar surface area (TPSA) is 58.6 Å². The molecule has 0 saturated heterocycles. The maximum atomic E-state index is 11.0. The normalized spacial score (nSPS) is 14.5. The van der Waals surface area contributed by atoms with Crippen molar-refractivity contribution in [2.24, 2.45) is 5.92 Å². The lowest BCUT2D eigenvalue weighted by molar-refractivity contribution is 0.0697. The van der Waals surface area contributed by atoms with E-state index in [-0.39, 0.29) is 5.56 Å². The Hall–Kier alpha value is -1.07. The third kappa shape index (κ3) is 3.99. The summed E-state index contributed by atoms with van der Waals surface area (Å²) in [6, 6.07) is 5.07. The second-order valence-corrected chi connectivity index (χ2v) is 5.36. The van der Waals surface area contributed by atoms with Crippen LogP contribution in [0.4, 0.5) is 5.69 Å². The summed E-state index contributed by atoms with van der Waals surface area (Å²) in [5, 5.41) is 12.1. The van der Waals surface area contributed by atoms with Crippen molar-refractivity contribution >= 4 is 27.6 Å². The summed E-state index contributed by atoms with van der Waals surface area (Å²) in [6.07, 6.45) is 2.56. The van der Waals surface area contributed by atoms with Crippen molar-refractivity contribution in [3.63, 3.8) is 0 Å². The fourth-order valence-corrected chi connectivity index (χ4v) is 2.00. The molecular weight excluding hydrogens is 298 g/mol. The van der Waals surface area contributed by atoms with Crippen molar-refractivity contribution in [1.29, 1.82) is 0 Å². The largest absolute Gasteiger partial charge is 0.478 e. The third-order valence-corrected chi connectivity index (χ3v) is 3.32. The van der Waals surface area contributed by atoms with E-state index in [1.54, 1.807) is 18.2 Å². The Bertz CT molecular complexity index is 432. The number of carboxylic acid groups (broad SMARTS) is 1. The van der Waals surface area contributed by atoms with E-state index in [1.807, 2.05) is 0 Å². The van der Waals surface area contributed by atoms with Gasteiger partial charge in [0.1, 0.15) is 0 Å². The zero-order chi connectivity index (χ0) is 13.0. The second-order valence-electron chi connectivity index (χ2n) is 4.44. The Morgan fingerprint density at radius 1 is 1.50 bits per heavy atom. The van der Waals surface area contributed by atoms with Gasteiger partial charge in [-0.2, -0.15) is 0 Å². The maximum absolute atomic E-state index is 11.0. The molecule has 1 aliphatic rings. The summed E-state index contributed by atoms with van der Waals surface area (Å²) < 4.78 is 6.34. The number of carboxylic acids is 1. The van der Waals surface area contributed by atoms with E-state index in [2.05, 4.69) is 21.2 Å². The van der Waals surface area contributed by atoms with E-state index in [4.69, 9.17) is 9.84 Å². The van der Waals surface area contributed by atoms with Crippen molar-refractivity contribution in [2.45, 2.75) is 12.8 Å². The average molecular weight is 314 g/mol. The van der Waals surface area contributed by atoms with Crippen molar-refractivity contribution in [1.82, 2.24) is 0 Å². The number of carbonyl (C=O) groups is 1. The van der Waals surface area contributed by atoms with Crippen LogP contribution in [0.2, 0.25) is 0 Å². The van der Waals surface area contributed by atoms with E-state index in [0.717, 1.165) is 17.0 Å². The van der Waals surface area contributed by atoms with Crippen LogP contribution in [0.3, 0.4) is 0 Å². The third-order valence-electron chi connectivity index (χ3n) is 2.82. The van der Waals surface area contributed by atoms with Gasteiger partial charge in [0.15, 0.2) is 0 Å². The Morgan fingerprint density at radius 2 is 2.28 bits per heavy atom. The summed E-state index contributed by atoms with van der Waals surface area (Å²) in [5.41, 5.74) is 0.896. The highest BCUT2D eigenvalue weighted by Crippen LogP contribution is 2.28. The molecule has 18 heavy (non-hydrogen) atoms. The first-order valence-corrected chi connectivity index (χ1v) is 6.80. The van der Waals surface area contributed by atoms with Crippen LogP contribution in [0.15, 0.2) is 22.7 Å². The molecule has 0 bridgehead atoms. The molecule has 2 rings (SSSR count). The Labute approximate surface area is 114 Å². The van der Waals surface area contributed by atoms with Crippen LogP contribution in [0, 0.1) is 5.92 Å². The number of nitrogens with one attached hydrogen (secondary N) is 1. The monoisotopic (exact) mass is 313 g/mol. The fourth-order valence-electron chi connectivity index (χ4n) is 1.64. The van der Waals surface area contributed by atoms with Crippen LogP contribution < -0.4 is 5.32 Å². The Balaban J connectivity index is 1.82. The molecule has 0 spiro atoms. The van der Waals surface area contributed by atoms with Crippen LogP contribution in [0.25, 0.3) is 0 Å². The van der Waals surface area contributed by atoms with Gasteiger partial charge in [-0.1, -0.05) is 15.9 Å². The molecule has 5 heteroatoms. The number of benzene rings is 1. The number of halogens is 1. The molecule has 1 aliphatic carbocycles. The van der Waals surface area contributed by atoms with Crippen molar-refractivity contribution in [3.05, 3.63) is 28.2 Å². The molecule has 4 nitrogen and oxygen atoms in total. The molecule has 1 aromatic rings. The maximum Gasteiger partial charge on any atom is 0.337 e. The lowest BCUT2D eigenvalue weighted by atomic mass is 10.2. The molecule has 1 saturated carbocycles. The highest BCUT2D eigenvalue weighted by molar-refractivity contribution is 9.10. The van der Waals surface area contributed by atoms with Gasteiger partial charge in [0, 0.05) is 23.3 Å². The first-order chi connectivity index (χ1) is 8.66. The molecule has 0 atom stereocenters. The lowest BCUT2D eigenvalue weighted by Gasteiger charge is -2.10. The summed E-state index contributed by atoms with van der Waals surface area (Å²) in [5.74, 6) is -0.172. The number of rotatable bonds is 7. The van der Waals surface area contributed by atoms with E-state index in [0.29, 0.717) is 18.8 Å². The molecule has 98 valence electrons. The molecular formula is C13H16BrNO3. The van der Waals surface area contributed by atoms with E-state index in [9.17, 15) is 4.79 Å². The van der Waals surface area contributed by atoms with Gasteiger partial charge in [-0.05, 0) is 37.0 Å². The highest BCUT2D eigenvalue weighted by atomic mass is 79.9. The zero-order valence-electron chi connectivity index (χ0n) is 9.99. The minimum absolute atomic E-state index is 0.278. The van der Waals surface area contributed by atoms with Gasteiger partial charge in [-0.25, -0.2) is 4.79 Å². The minimum Gasteiger partial charge on any atom is -0.478 e. The lowest BCUT2D eigenvalue weighted by Crippen LogP contribution is -2.13. The molecule has 0 radical (unpaired) electrons. The smallest absolute Gasteiger partial charge is 0.337 e. The molecule has 1 fully saturated rings. The molecule has 1 aromatic carbocycles. The zero-order valence-corrected chi connectivity index (χ0v) is 11.6.